The molecule has 0 amide bonds. The molecule has 0 aliphatic carbocycles. The first-order valence-electron chi connectivity index (χ1n) is 6.96. The molecule has 0 fully saturated rings. The van der Waals surface area contributed by atoms with Gasteiger partial charge in [-0.3, -0.25) is 4.68 Å². The molecule has 6 heteroatoms. The van der Waals surface area contributed by atoms with Crippen molar-refractivity contribution < 1.29 is 0 Å². The van der Waals surface area contributed by atoms with E-state index < -0.39 is 0 Å². The standard InChI is InChI=1S/C14H20BrN5/c1-4-6-10-12(15)14(16-8-5-2)19-13(18-10)11-7-9-17-20(11)3/h7,9H,4-6,8H2,1-3H3,(H,16,18,19). The summed E-state index contributed by atoms with van der Waals surface area (Å²) in [6.45, 7) is 5.18. The number of aryl methyl sites for hydroxylation is 2. The molecule has 2 heterocycles. The van der Waals surface area contributed by atoms with Crippen molar-refractivity contribution in [1.82, 2.24) is 19.7 Å². The number of nitrogens with one attached hydrogen (secondary N) is 1. The van der Waals surface area contributed by atoms with Gasteiger partial charge < -0.3 is 5.32 Å². The van der Waals surface area contributed by atoms with Crippen LogP contribution < -0.4 is 5.32 Å². The van der Waals surface area contributed by atoms with Crippen LogP contribution in [0.25, 0.3) is 11.5 Å². The van der Waals surface area contributed by atoms with E-state index in [0.29, 0.717) is 0 Å². The van der Waals surface area contributed by atoms with Crippen molar-refractivity contribution in [3.05, 3.63) is 22.4 Å². The van der Waals surface area contributed by atoms with E-state index in [1.807, 2.05) is 13.1 Å². The van der Waals surface area contributed by atoms with Gasteiger partial charge in [-0.15, -0.1) is 0 Å². The highest BCUT2D eigenvalue weighted by Crippen LogP contribution is 2.27. The van der Waals surface area contributed by atoms with E-state index in [2.05, 4.69) is 50.2 Å². The van der Waals surface area contributed by atoms with Gasteiger partial charge in [0, 0.05) is 19.8 Å². The molecule has 0 aliphatic rings. The second-order valence-electron chi connectivity index (χ2n) is 4.67. The zero-order valence-corrected chi connectivity index (χ0v) is 13.7. The number of anilines is 1. The summed E-state index contributed by atoms with van der Waals surface area (Å²) in [5, 5.41) is 7.54. The van der Waals surface area contributed by atoms with E-state index in [0.717, 1.165) is 53.3 Å². The Labute approximate surface area is 128 Å². The quantitative estimate of drug-likeness (QED) is 0.877. The number of aromatic nitrogens is 4. The summed E-state index contributed by atoms with van der Waals surface area (Å²) < 4.78 is 2.77. The van der Waals surface area contributed by atoms with Gasteiger partial charge in [0.2, 0.25) is 0 Å². The number of hydrogen-bond donors (Lipinski definition) is 1. The second-order valence-corrected chi connectivity index (χ2v) is 5.47. The lowest BCUT2D eigenvalue weighted by molar-refractivity contribution is 0.766. The van der Waals surface area contributed by atoms with Crippen LogP contribution in [-0.4, -0.2) is 26.3 Å². The Morgan fingerprint density at radius 2 is 2.05 bits per heavy atom. The summed E-state index contributed by atoms with van der Waals surface area (Å²) in [5.74, 6) is 1.58. The van der Waals surface area contributed by atoms with Gasteiger partial charge in [0.25, 0.3) is 0 Å². The van der Waals surface area contributed by atoms with E-state index in [1.54, 1.807) is 10.9 Å². The van der Waals surface area contributed by atoms with Crippen LogP contribution in [0.15, 0.2) is 16.7 Å². The van der Waals surface area contributed by atoms with Crippen LogP contribution >= 0.6 is 15.9 Å². The van der Waals surface area contributed by atoms with E-state index in [-0.39, 0.29) is 0 Å². The molecule has 0 radical (unpaired) electrons. The maximum Gasteiger partial charge on any atom is 0.180 e. The molecule has 0 bridgehead atoms. The third kappa shape index (κ3) is 3.17. The smallest absolute Gasteiger partial charge is 0.180 e. The molecule has 0 unspecified atom stereocenters. The SMILES string of the molecule is CCCNc1nc(-c2ccnn2C)nc(CCC)c1Br. The highest BCUT2D eigenvalue weighted by atomic mass is 79.9. The molecular weight excluding hydrogens is 318 g/mol. The van der Waals surface area contributed by atoms with Crippen molar-refractivity contribution in [3.63, 3.8) is 0 Å². The predicted molar refractivity (Wildman–Crippen MR) is 84.7 cm³/mol. The van der Waals surface area contributed by atoms with Crippen molar-refractivity contribution in [2.45, 2.75) is 33.1 Å². The molecule has 2 aromatic heterocycles. The largest absolute Gasteiger partial charge is 0.369 e. The summed E-state index contributed by atoms with van der Waals surface area (Å²) in [4.78, 5) is 9.30. The minimum atomic E-state index is 0.718. The fraction of sp³-hybridized carbons (Fsp3) is 0.500. The Kier molecular flexibility index (Phi) is 5.11. The van der Waals surface area contributed by atoms with Crippen LogP contribution in [0.1, 0.15) is 32.4 Å². The van der Waals surface area contributed by atoms with Crippen LogP contribution in [0, 0.1) is 0 Å². The topological polar surface area (TPSA) is 55.6 Å². The fourth-order valence-electron chi connectivity index (χ4n) is 1.96. The van der Waals surface area contributed by atoms with Crippen molar-refractivity contribution in [2.24, 2.45) is 7.05 Å². The van der Waals surface area contributed by atoms with Crippen LogP contribution in [0.5, 0.6) is 0 Å². The van der Waals surface area contributed by atoms with E-state index in [4.69, 9.17) is 0 Å². The molecule has 1 N–H and O–H groups in total. The highest BCUT2D eigenvalue weighted by molar-refractivity contribution is 9.10. The minimum absolute atomic E-state index is 0.718. The zero-order valence-electron chi connectivity index (χ0n) is 12.1. The molecular formula is C14H20BrN5. The van der Waals surface area contributed by atoms with E-state index in [9.17, 15) is 0 Å². The van der Waals surface area contributed by atoms with Crippen LogP contribution in [0.4, 0.5) is 5.82 Å². The fourth-order valence-corrected chi connectivity index (χ4v) is 2.48. The lowest BCUT2D eigenvalue weighted by atomic mass is 10.2. The Bertz CT molecular complexity index is 579. The maximum absolute atomic E-state index is 4.68. The van der Waals surface area contributed by atoms with Crippen molar-refractivity contribution >= 4 is 21.7 Å². The normalized spacial score (nSPS) is 10.8. The average molecular weight is 338 g/mol. The summed E-state index contributed by atoms with van der Waals surface area (Å²) >= 11 is 3.62. The lowest BCUT2D eigenvalue weighted by Gasteiger charge is -2.12. The summed E-state index contributed by atoms with van der Waals surface area (Å²) in [7, 11) is 1.90. The monoisotopic (exact) mass is 337 g/mol. The first-order chi connectivity index (χ1) is 9.67. The second kappa shape index (κ2) is 6.83. The van der Waals surface area contributed by atoms with Crippen molar-refractivity contribution in [2.75, 3.05) is 11.9 Å². The van der Waals surface area contributed by atoms with Crippen LogP contribution in [-0.2, 0) is 13.5 Å². The first kappa shape index (κ1) is 15.0. The summed E-state index contributed by atoms with van der Waals surface area (Å²) in [6, 6.07) is 1.93. The first-order valence-corrected chi connectivity index (χ1v) is 7.75. The molecule has 2 rings (SSSR count). The Balaban J connectivity index is 2.46. The van der Waals surface area contributed by atoms with Gasteiger partial charge in [0.05, 0.1) is 10.2 Å². The van der Waals surface area contributed by atoms with Gasteiger partial charge in [-0.05, 0) is 34.8 Å². The number of nitrogens with zero attached hydrogens (tertiary/aromatic N) is 4. The lowest BCUT2D eigenvalue weighted by Crippen LogP contribution is -2.08. The van der Waals surface area contributed by atoms with Gasteiger partial charge in [0.1, 0.15) is 11.5 Å². The van der Waals surface area contributed by atoms with Gasteiger partial charge in [-0.2, -0.15) is 5.10 Å². The average Bonchev–Trinajstić information content (AvgIpc) is 2.86. The minimum Gasteiger partial charge on any atom is -0.369 e. The molecule has 0 atom stereocenters. The predicted octanol–water partition coefficient (Wildman–Crippen LogP) is 3.41. The summed E-state index contributed by atoms with van der Waals surface area (Å²) in [5.41, 5.74) is 1.96. The Morgan fingerprint density at radius 3 is 2.65 bits per heavy atom. The highest BCUT2D eigenvalue weighted by Gasteiger charge is 2.14. The molecule has 5 nitrogen and oxygen atoms in total. The zero-order chi connectivity index (χ0) is 14.5. The van der Waals surface area contributed by atoms with Gasteiger partial charge in [0.15, 0.2) is 5.82 Å². The van der Waals surface area contributed by atoms with Crippen molar-refractivity contribution in [3.8, 4) is 11.5 Å². The Morgan fingerprint density at radius 1 is 1.25 bits per heavy atom. The molecule has 0 aliphatic heterocycles. The third-order valence-electron chi connectivity index (χ3n) is 3.00. The van der Waals surface area contributed by atoms with Gasteiger partial charge >= 0.3 is 0 Å². The Hall–Kier alpha value is -1.43. The molecule has 0 spiro atoms. The molecule has 2 aromatic rings. The molecule has 20 heavy (non-hydrogen) atoms. The van der Waals surface area contributed by atoms with E-state index >= 15 is 0 Å². The molecule has 108 valence electrons. The number of rotatable bonds is 6. The molecule has 0 aromatic carbocycles. The van der Waals surface area contributed by atoms with Crippen LogP contribution in [0.3, 0.4) is 0 Å². The summed E-state index contributed by atoms with van der Waals surface area (Å²) in [6.07, 6.45) is 4.79. The third-order valence-corrected chi connectivity index (χ3v) is 3.83. The van der Waals surface area contributed by atoms with Crippen LogP contribution in [0.2, 0.25) is 0 Å². The maximum atomic E-state index is 4.68. The molecule has 0 saturated heterocycles. The van der Waals surface area contributed by atoms with Gasteiger partial charge in [-0.25, -0.2) is 9.97 Å². The van der Waals surface area contributed by atoms with E-state index in [1.165, 1.54) is 0 Å². The number of hydrogen-bond acceptors (Lipinski definition) is 4. The molecule has 0 saturated carbocycles. The van der Waals surface area contributed by atoms with Crippen molar-refractivity contribution in [1.29, 1.82) is 0 Å². The number of halogens is 1. The van der Waals surface area contributed by atoms with Gasteiger partial charge in [-0.1, -0.05) is 20.3 Å².